The molecule has 0 bridgehead atoms. The van der Waals surface area contributed by atoms with Crippen molar-refractivity contribution in [3.63, 3.8) is 0 Å². The van der Waals surface area contributed by atoms with Crippen molar-refractivity contribution < 1.29 is 4.74 Å². The van der Waals surface area contributed by atoms with Gasteiger partial charge in [-0.25, -0.2) is 4.98 Å². The van der Waals surface area contributed by atoms with Crippen molar-refractivity contribution in [2.75, 3.05) is 5.73 Å². The molecule has 2 N–H and O–H groups in total. The fourth-order valence-corrected chi connectivity index (χ4v) is 2.01. The molecule has 1 heterocycles. The summed E-state index contributed by atoms with van der Waals surface area (Å²) in [5.41, 5.74) is 6.41. The van der Waals surface area contributed by atoms with E-state index in [4.69, 9.17) is 10.5 Å². The first-order valence-electron chi connectivity index (χ1n) is 5.63. The number of nitrogens with two attached hydrogens (primary N) is 1. The van der Waals surface area contributed by atoms with Crippen molar-refractivity contribution in [3.8, 4) is 5.88 Å². The van der Waals surface area contributed by atoms with Crippen LogP contribution in [0, 0.1) is 5.92 Å². The lowest BCUT2D eigenvalue weighted by Crippen LogP contribution is -2.23. The van der Waals surface area contributed by atoms with Gasteiger partial charge in [0.25, 0.3) is 0 Å². The summed E-state index contributed by atoms with van der Waals surface area (Å²) in [6.45, 7) is 2.30. The predicted octanol–water partition coefficient (Wildman–Crippen LogP) is 2.62. The Balaban J connectivity index is 1.95. The van der Waals surface area contributed by atoms with Gasteiger partial charge in [0.05, 0.1) is 5.69 Å². The van der Waals surface area contributed by atoms with Gasteiger partial charge in [-0.3, -0.25) is 0 Å². The average molecular weight is 206 g/mol. The molecule has 1 aliphatic rings. The van der Waals surface area contributed by atoms with E-state index in [-0.39, 0.29) is 0 Å². The van der Waals surface area contributed by atoms with Crippen LogP contribution < -0.4 is 10.5 Å². The van der Waals surface area contributed by atoms with Crippen LogP contribution in [0.1, 0.15) is 32.6 Å². The van der Waals surface area contributed by atoms with Crippen LogP contribution in [0.5, 0.6) is 5.88 Å². The summed E-state index contributed by atoms with van der Waals surface area (Å²) in [7, 11) is 0. The third kappa shape index (κ3) is 2.61. The van der Waals surface area contributed by atoms with Crippen molar-refractivity contribution in [3.05, 3.63) is 18.3 Å². The van der Waals surface area contributed by atoms with Gasteiger partial charge in [-0.05, 0) is 43.7 Å². The summed E-state index contributed by atoms with van der Waals surface area (Å²) >= 11 is 0. The highest BCUT2D eigenvalue weighted by Gasteiger charge is 2.20. The molecule has 0 saturated heterocycles. The Bertz CT molecular complexity index is 319. The fourth-order valence-electron chi connectivity index (χ4n) is 2.01. The minimum Gasteiger partial charge on any atom is -0.473 e. The monoisotopic (exact) mass is 206 g/mol. The first-order chi connectivity index (χ1) is 7.25. The van der Waals surface area contributed by atoms with Crippen LogP contribution in [0.25, 0.3) is 0 Å². The first kappa shape index (κ1) is 10.3. The average Bonchev–Trinajstić information content (AvgIpc) is 2.25. The second-order valence-corrected chi connectivity index (χ2v) is 4.40. The Morgan fingerprint density at radius 2 is 2.07 bits per heavy atom. The molecule has 1 aromatic heterocycles. The number of aromatic nitrogens is 1. The maximum absolute atomic E-state index is 5.80. The van der Waals surface area contributed by atoms with E-state index >= 15 is 0 Å². The number of hydrogen-bond donors (Lipinski definition) is 1. The van der Waals surface area contributed by atoms with Crippen LogP contribution >= 0.6 is 0 Å². The molecule has 0 amide bonds. The van der Waals surface area contributed by atoms with Crippen LogP contribution in [0.3, 0.4) is 0 Å². The van der Waals surface area contributed by atoms with Gasteiger partial charge < -0.3 is 10.5 Å². The molecular formula is C12H18N2O. The standard InChI is InChI=1S/C12H18N2O/c1-9-4-6-10(7-5-9)15-12-11(13)3-2-8-14-12/h2-3,8-10H,4-7,13H2,1H3. The van der Waals surface area contributed by atoms with Crippen LogP contribution in [-0.2, 0) is 0 Å². The number of nitrogen functional groups attached to an aromatic ring is 1. The van der Waals surface area contributed by atoms with Gasteiger partial charge in [0.1, 0.15) is 6.10 Å². The van der Waals surface area contributed by atoms with Crippen LogP contribution in [0.2, 0.25) is 0 Å². The van der Waals surface area contributed by atoms with Crippen molar-refractivity contribution in [2.45, 2.75) is 38.7 Å². The molecule has 1 aliphatic carbocycles. The van der Waals surface area contributed by atoms with Crippen LogP contribution in [0.15, 0.2) is 18.3 Å². The highest BCUT2D eigenvalue weighted by Crippen LogP contribution is 2.28. The third-order valence-electron chi connectivity index (χ3n) is 3.04. The molecule has 1 aromatic rings. The van der Waals surface area contributed by atoms with E-state index < -0.39 is 0 Å². The quantitative estimate of drug-likeness (QED) is 0.809. The van der Waals surface area contributed by atoms with Gasteiger partial charge in [0, 0.05) is 6.20 Å². The molecule has 0 spiro atoms. The lowest BCUT2D eigenvalue weighted by molar-refractivity contribution is 0.131. The van der Waals surface area contributed by atoms with E-state index in [1.807, 2.05) is 12.1 Å². The third-order valence-corrected chi connectivity index (χ3v) is 3.04. The smallest absolute Gasteiger partial charge is 0.237 e. The lowest BCUT2D eigenvalue weighted by atomic mass is 9.89. The minimum atomic E-state index is 0.304. The molecule has 2 rings (SSSR count). The van der Waals surface area contributed by atoms with Gasteiger partial charge in [-0.1, -0.05) is 6.92 Å². The Morgan fingerprint density at radius 1 is 1.33 bits per heavy atom. The SMILES string of the molecule is CC1CCC(Oc2ncccc2N)CC1. The van der Waals surface area contributed by atoms with E-state index in [1.165, 1.54) is 12.8 Å². The highest BCUT2D eigenvalue weighted by atomic mass is 16.5. The molecule has 1 saturated carbocycles. The number of pyridine rings is 1. The van der Waals surface area contributed by atoms with Crippen molar-refractivity contribution in [1.29, 1.82) is 0 Å². The number of hydrogen-bond acceptors (Lipinski definition) is 3. The molecule has 1 fully saturated rings. The summed E-state index contributed by atoms with van der Waals surface area (Å²) in [6.07, 6.45) is 6.76. The molecule has 0 atom stereocenters. The molecule has 0 aromatic carbocycles. The maximum Gasteiger partial charge on any atom is 0.237 e. The van der Waals surface area contributed by atoms with Gasteiger partial charge in [0.2, 0.25) is 5.88 Å². The Morgan fingerprint density at radius 3 is 2.73 bits per heavy atom. The molecule has 3 nitrogen and oxygen atoms in total. The highest BCUT2D eigenvalue weighted by molar-refractivity contribution is 5.46. The first-order valence-corrected chi connectivity index (χ1v) is 5.63. The number of nitrogens with zero attached hydrogens (tertiary/aromatic N) is 1. The molecule has 15 heavy (non-hydrogen) atoms. The van der Waals surface area contributed by atoms with Crippen molar-refractivity contribution in [2.24, 2.45) is 5.92 Å². The predicted molar refractivity (Wildman–Crippen MR) is 60.7 cm³/mol. The van der Waals surface area contributed by atoms with E-state index in [1.54, 1.807) is 6.20 Å². The summed E-state index contributed by atoms with van der Waals surface area (Å²) in [5, 5.41) is 0. The maximum atomic E-state index is 5.80. The zero-order chi connectivity index (χ0) is 10.7. The van der Waals surface area contributed by atoms with Crippen molar-refractivity contribution in [1.82, 2.24) is 4.98 Å². The Hall–Kier alpha value is -1.25. The summed E-state index contributed by atoms with van der Waals surface area (Å²) in [6, 6.07) is 3.65. The van der Waals surface area contributed by atoms with Gasteiger partial charge in [-0.15, -0.1) is 0 Å². The summed E-state index contributed by atoms with van der Waals surface area (Å²) in [4.78, 5) is 4.14. The number of ether oxygens (including phenoxy) is 1. The fraction of sp³-hybridized carbons (Fsp3) is 0.583. The molecule has 3 heteroatoms. The van der Waals surface area contributed by atoms with Crippen molar-refractivity contribution >= 4 is 5.69 Å². The van der Waals surface area contributed by atoms with E-state index in [0.29, 0.717) is 17.7 Å². The normalized spacial score (nSPS) is 26.2. The van der Waals surface area contributed by atoms with Crippen LogP contribution in [0.4, 0.5) is 5.69 Å². The molecule has 0 aliphatic heterocycles. The van der Waals surface area contributed by atoms with Crippen LogP contribution in [-0.4, -0.2) is 11.1 Å². The van der Waals surface area contributed by atoms with E-state index in [0.717, 1.165) is 18.8 Å². The second kappa shape index (κ2) is 4.51. The lowest BCUT2D eigenvalue weighted by Gasteiger charge is -2.26. The van der Waals surface area contributed by atoms with E-state index in [9.17, 15) is 0 Å². The zero-order valence-electron chi connectivity index (χ0n) is 9.15. The summed E-state index contributed by atoms with van der Waals surface area (Å²) < 4.78 is 5.80. The molecular weight excluding hydrogens is 188 g/mol. The minimum absolute atomic E-state index is 0.304. The topological polar surface area (TPSA) is 48.1 Å². The van der Waals surface area contributed by atoms with Gasteiger partial charge >= 0.3 is 0 Å². The Labute approximate surface area is 90.7 Å². The molecule has 0 unspecified atom stereocenters. The number of rotatable bonds is 2. The molecule has 0 radical (unpaired) electrons. The zero-order valence-corrected chi connectivity index (χ0v) is 9.15. The second-order valence-electron chi connectivity index (χ2n) is 4.40. The molecule has 82 valence electrons. The Kier molecular flexibility index (Phi) is 3.09. The number of anilines is 1. The van der Waals surface area contributed by atoms with E-state index in [2.05, 4.69) is 11.9 Å². The summed E-state index contributed by atoms with van der Waals surface area (Å²) in [5.74, 6) is 1.43. The van der Waals surface area contributed by atoms with Gasteiger partial charge in [-0.2, -0.15) is 0 Å². The van der Waals surface area contributed by atoms with Gasteiger partial charge in [0.15, 0.2) is 0 Å². The largest absolute Gasteiger partial charge is 0.473 e.